The summed E-state index contributed by atoms with van der Waals surface area (Å²) in [5.41, 5.74) is 1.25. The molecule has 1 fully saturated rings. The topological polar surface area (TPSA) is 30.3 Å². The Morgan fingerprint density at radius 2 is 1.78 bits per heavy atom. The lowest BCUT2D eigenvalue weighted by Crippen LogP contribution is -2.46. The first-order valence-corrected chi connectivity index (χ1v) is 6.77. The number of unbranched alkanes of at least 4 members (excludes halogenated alkanes) is 1. The molecule has 4 heteroatoms. The summed E-state index contributed by atoms with van der Waals surface area (Å²) in [6, 6.07) is 10.2. The third-order valence-electron chi connectivity index (χ3n) is 3.33. The second-order valence-corrected chi connectivity index (χ2v) is 5.00. The highest BCUT2D eigenvalue weighted by molar-refractivity contribution is 6.30. The van der Waals surface area contributed by atoms with Gasteiger partial charge in [-0.3, -0.25) is 4.90 Å². The Hall–Kier alpha value is -1.24. The Morgan fingerprint density at radius 3 is 2.39 bits per heavy atom. The Morgan fingerprint density at radius 1 is 1.11 bits per heavy atom. The summed E-state index contributed by atoms with van der Waals surface area (Å²) in [5.74, 6) is 0. The SMILES string of the molecule is N#CCCCN1CCN(c2ccc(Cl)cc2)CC1. The molecule has 3 nitrogen and oxygen atoms in total. The lowest BCUT2D eigenvalue weighted by Gasteiger charge is -2.36. The summed E-state index contributed by atoms with van der Waals surface area (Å²) in [7, 11) is 0. The van der Waals surface area contributed by atoms with E-state index in [2.05, 4.69) is 28.0 Å². The fourth-order valence-electron chi connectivity index (χ4n) is 2.26. The van der Waals surface area contributed by atoms with Crippen molar-refractivity contribution < 1.29 is 0 Å². The lowest BCUT2D eigenvalue weighted by atomic mass is 10.2. The standard InChI is InChI=1S/C14H18ClN3/c15-13-3-5-14(6-4-13)18-11-9-17(10-12-18)8-2-1-7-16/h3-6H,1-2,8-12H2. The van der Waals surface area contributed by atoms with E-state index in [4.69, 9.17) is 16.9 Å². The second kappa shape index (κ2) is 6.63. The van der Waals surface area contributed by atoms with Crippen LogP contribution in [0.4, 0.5) is 5.69 Å². The molecule has 0 amide bonds. The lowest BCUT2D eigenvalue weighted by molar-refractivity contribution is 0.256. The van der Waals surface area contributed by atoms with E-state index >= 15 is 0 Å². The average molecular weight is 264 g/mol. The van der Waals surface area contributed by atoms with Gasteiger partial charge in [0.25, 0.3) is 0 Å². The van der Waals surface area contributed by atoms with E-state index in [1.165, 1.54) is 5.69 Å². The fourth-order valence-corrected chi connectivity index (χ4v) is 2.39. The Bertz CT molecular complexity index is 402. The molecule has 1 aromatic carbocycles. The van der Waals surface area contributed by atoms with Gasteiger partial charge in [-0.15, -0.1) is 0 Å². The van der Waals surface area contributed by atoms with Gasteiger partial charge in [-0.1, -0.05) is 11.6 Å². The summed E-state index contributed by atoms with van der Waals surface area (Å²) in [6.07, 6.45) is 1.65. The molecule has 0 aromatic heterocycles. The molecule has 96 valence electrons. The molecule has 1 aliphatic rings. The molecular formula is C14H18ClN3. The molecule has 0 N–H and O–H groups in total. The summed E-state index contributed by atoms with van der Waals surface area (Å²) in [5, 5.41) is 9.31. The van der Waals surface area contributed by atoms with Crippen molar-refractivity contribution in [2.75, 3.05) is 37.6 Å². The van der Waals surface area contributed by atoms with Crippen LogP contribution >= 0.6 is 11.6 Å². The maximum Gasteiger partial charge on any atom is 0.0622 e. The van der Waals surface area contributed by atoms with E-state index < -0.39 is 0 Å². The highest BCUT2D eigenvalue weighted by Gasteiger charge is 2.16. The van der Waals surface area contributed by atoms with Crippen molar-refractivity contribution in [3.05, 3.63) is 29.3 Å². The minimum Gasteiger partial charge on any atom is -0.369 e. The molecule has 0 saturated carbocycles. The third-order valence-corrected chi connectivity index (χ3v) is 3.58. The van der Waals surface area contributed by atoms with E-state index in [1.807, 2.05) is 12.1 Å². The zero-order valence-electron chi connectivity index (χ0n) is 10.5. The largest absolute Gasteiger partial charge is 0.369 e. The fraction of sp³-hybridized carbons (Fsp3) is 0.500. The third kappa shape index (κ3) is 3.63. The van der Waals surface area contributed by atoms with Crippen molar-refractivity contribution in [2.24, 2.45) is 0 Å². The van der Waals surface area contributed by atoms with Crippen LogP contribution in [0.5, 0.6) is 0 Å². The number of halogens is 1. The number of nitrogens with zero attached hydrogens (tertiary/aromatic N) is 3. The average Bonchev–Trinajstić information content (AvgIpc) is 2.41. The predicted octanol–water partition coefficient (Wildman–Crippen LogP) is 2.77. The zero-order valence-corrected chi connectivity index (χ0v) is 11.2. The highest BCUT2D eigenvalue weighted by Crippen LogP contribution is 2.19. The zero-order chi connectivity index (χ0) is 12.8. The van der Waals surface area contributed by atoms with Gasteiger partial charge in [0.1, 0.15) is 0 Å². The van der Waals surface area contributed by atoms with Crippen LogP contribution < -0.4 is 4.90 Å². The van der Waals surface area contributed by atoms with Gasteiger partial charge in [-0.2, -0.15) is 5.26 Å². The number of nitriles is 1. The Kier molecular flexibility index (Phi) is 4.86. The van der Waals surface area contributed by atoms with E-state index in [1.54, 1.807) is 0 Å². The van der Waals surface area contributed by atoms with Crippen LogP contribution in [0.1, 0.15) is 12.8 Å². The van der Waals surface area contributed by atoms with Gasteiger partial charge in [0.2, 0.25) is 0 Å². The summed E-state index contributed by atoms with van der Waals surface area (Å²) < 4.78 is 0. The smallest absolute Gasteiger partial charge is 0.0622 e. The van der Waals surface area contributed by atoms with E-state index in [9.17, 15) is 0 Å². The minimum absolute atomic E-state index is 0.664. The molecule has 0 bridgehead atoms. The molecule has 1 aromatic rings. The maximum absolute atomic E-state index is 8.52. The van der Waals surface area contributed by atoms with Gasteiger partial charge in [-0.25, -0.2) is 0 Å². The van der Waals surface area contributed by atoms with Gasteiger partial charge in [0.05, 0.1) is 6.07 Å². The molecule has 0 radical (unpaired) electrons. The molecule has 0 atom stereocenters. The number of benzene rings is 1. The normalized spacial score (nSPS) is 16.6. The number of hydrogen-bond acceptors (Lipinski definition) is 3. The monoisotopic (exact) mass is 263 g/mol. The van der Waals surface area contributed by atoms with Gasteiger partial charge < -0.3 is 4.90 Å². The molecule has 0 unspecified atom stereocenters. The van der Waals surface area contributed by atoms with E-state index in [0.717, 1.165) is 44.2 Å². The van der Waals surface area contributed by atoms with Crippen molar-refractivity contribution in [2.45, 2.75) is 12.8 Å². The van der Waals surface area contributed by atoms with Crippen LogP contribution in [-0.2, 0) is 0 Å². The van der Waals surface area contributed by atoms with Crippen molar-refractivity contribution in [3.63, 3.8) is 0 Å². The Labute approximate surface area is 114 Å². The molecule has 18 heavy (non-hydrogen) atoms. The van der Waals surface area contributed by atoms with Crippen LogP contribution in [0.25, 0.3) is 0 Å². The van der Waals surface area contributed by atoms with Gasteiger partial charge >= 0.3 is 0 Å². The highest BCUT2D eigenvalue weighted by atomic mass is 35.5. The molecular weight excluding hydrogens is 246 g/mol. The summed E-state index contributed by atoms with van der Waals surface area (Å²) in [6.45, 7) is 5.30. The van der Waals surface area contributed by atoms with Crippen molar-refractivity contribution in [3.8, 4) is 6.07 Å². The number of anilines is 1. The first kappa shape index (κ1) is 13.2. The van der Waals surface area contributed by atoms with E-state index in [0.29, 0.717) is 6.42 Å². The summed E-state index contributed by atoms with van der Waals surface area (Å²) >= 11 is 5.89. The quantitative estimate of drug-likeness (QED) is 0.783. The molecule has 1 aliphatic heterocycles. The van der Waals surface area contributed by atoms with Gasteiger partial charge in [0, 0.05) is 43.3 Å². The van der Waals surface area contributed by atoms with E-state index in [-0.39, 0.29) is 0 Å². The number of hydrogen-bond donors (Lipinski definition) is 0. The van der Waals surface area contributed by atoms with Crippen LogP contribution in [0.15, 0.2) is 24.3 Å². The van der Waals surface area contributed by atoms with Crippen molar-refractivity contribution >= 4 is 17.3 Å². The van der Waals surface area contributed by atoms with Crippen molar-refractivity contribution in [1.82, 2.24) is 4.90 Å². The molecule has 2 rings (SSSR count). The predicted molar refractivity (Wildman–Crippen MR) is 75.0 cm³/mol. The number of rotatable bonds is 4. The number of piperazine rings is 1. The van der Waals surface area contributed by atoms with Crippen LogP contribution in [0.3, 0.4) is 0 Å². The van der Waals surface area contributed by atoms with Gasteiger partial charge in [0.15, 0.2) is 0 Å². The Balaban J connectivity index is 1.79. The van der Waals surface area contributed by atoms with Gasteiger partial charge in [-0.05, 0) is 37.2 Å². The minimum atomic E-state index is 0.664. The molecule has 1 heterocycles. The second-order valence-electron chi connectivity index (χ2n) is 4.57. The first-order chi connectivity index (χ1) is 8.79. The van der Waals surface area contributed by atoms with Crippen LogP contribution in [-0.4, -0.2) is 37.6 Å². The first-order valence-electron chi connectivity index (χ1n) is 6.39. The molecule has 0 spiro atoms. The van der Waals surface area contributed by atoms with Crippen molar-refractivity contribution in [1.29, 1.82) is 5.26 Å². The maximum atomic E-state index is 8.52. The molecule has 0 aliphatic carbocycles. The summed E-state index contributed by atoms with van der Waals surface area (Å²) in [4.78, 5) is 4.82. The van der Waals surface area contributed by atoms with Crippen LogP contribution in [0.2, 0.25) is 5.02 Å². The molecule has 1 saturated heterocycles. The van der Waals surface area contributed by atoms with Crippen LogP contribution in [0, 0.1) is 11.3 Å².